The van der Waals surface area contributed by atoms with Gasteiger partial charge in [-0.25, -0.2) is 4.98 Å². The molecule has 0 radical (unpaired) electrons. The van der Waals surface area contributed by atoms with E-state index in [1.165, 1.54) is 11.1 Å². The molecule has 1 heterocycles. The van der Waals surface area contributed by atoms with Gasteiger partial charge in [0.1, 0.15) is 5.75 Å². The van der Waals surface area contributed by atoms with Crippen molar-refractivity contribution in [2.45, 2.75) is 6.54 Å². The van der Waals surface area contributed by atoms with Crippen LogP contribution in [-0.4, -0.2) is 16.7 Å². The summed E-state index contributed by atoms with van der Waals surface area (Å²) in [5.41, 5.74) is 5.80. The van der Waals surface area contributed by atoms with Crippen LogP contribution < -0.4 is 10.1 Å². The molecular weight excluding hydrogens is 346 g/mol. The molecule has 3 aromatic carbocycles. The summed E-state index contributed by atoms with van der Waals surface area (Å²) >= 11 is 0. The van der Waals surface area contributed by atoms with Crippen molar-refractivity contribution in [3.63, 3.8) is 0 Å². The SMILES string of the molecule is COc1cccc(CNc2ncc(-c3ccc(-c4ccccc4)cc3)n2C)c1. The third kappa shape index (κ3) is 3.76. The van der Waals surface area contributed by atoms with Gasteiger partial charge in [-0.1, -0.05) is 66.7 Å². The van der Waals surface area contributed by atoms with E-state index in [2.05, 4.69) is 69.5 Å². The van der Waals surface area contributed by atoms with E-state index < -0.39 is 0 Å². The minimum atomic E-state index is 0.689. The van der Waals surface area contributed by atoms with E-state index in [4.69, 9.17) is 4.74 Å². The number of aromatic nitrogens is 2. The molecule has 0 aliphatic carbocycles. The summed E-state index contributed by atoms with van der Waals surface area (Å²) in [4.78, 5) is 4.55. The molecule has 4 aromatic rings. The molecule has 4 nitrogen and oxygen atoms in total. The van der Waals surface area contributed by atoms with Crippen molar-refractivity contribution in [1.29, 1.82) is 0 Å². The number of rotatable bonds is 6. The van der Waals surface area contributed by atoms with Crippen LogP contribution in [-0.2, 0) is 13.6 Å². The molecule has 0 atom stereocenters. The summed E-state index contributed by atoms with van der Waals surface area (Å²) < 4.78 is 7.37. The normalized spacial score (nSPS) is 10.6. The first kappa shape index (κ1) is 17.9. The van der Waals surface area contributed by atoms with Crippen LogP contribution >= 0.6 is 0 Å². The van der Waals surface area contributed by atoms with Gasteiger partial charge >= 0.3 is 0 Å². The van der Waals surface area contributed by atoms with Crippen LogP contribution in [0.1, 0.15) is 5.56 Å². The first-order chi connectivity index (χ1) is 13.7. The lowest BCUT2D eigenvalue weighted by Gasteiger charge is -2.10. The first-order valence-electron chi connectivity index (χ1n) is 9.29. The number of hydrogen-bond acceptors (Lipinski definition) is 3. The maximum absolute atomic E-state index is 5.29. The molecular formula is C24H23N3O. The Bertz CT molecular complexity index is 1050. The van der Waals surface area contributed by atoms with E-state index in [0.29, 0.717) is 6.54 Å². The Balaban J connectivity index is 1.50. The summed E-state index contributed by atoms with van der Waals surface area (Å²) in [6.07, 6.45) is 1.91. The Kier molecular flexibility index (Phi) is 5.11. The van der Waals surface area contributed by atoms with Crippen molar-refractivity contribution in [2.75, 3.05) is 12.4 Å². The fourth-order valence-corrected chi connectivity index (χ4v) is 3.27. The minimum absolute atomic E-state index is 0.689. The lowest BCUT2D eigenvalue weighted by atomic mass is 10.0. The van der Waals surface area contributed by atoms with Gasteiger partial charge < -0.3 is 14.6 Å². The highest BCUT2D eigenvalue weighted by molar-refractivity contribution is 5.69. The van der Waals surface area contributed by atoms with Crippen LogP contribution in [0.25, 0.3) is 22.4 Å². The van der Waals surface area contributed by atoms with Crippen LogP contribution in [0, 0.1) is 0 Å². The summed E-state index contributed by atoms with van der Waals surface area (Å²) in [5.74, 6) is 1.70. The number of imidazole rings is 1. The molecule has 4 heteroatoms. The van der Waals surface area contributed by atoms with Gasteiger partial charge in [0.05, 0.1) is 19.0 Å². The molecule has 0 aliphatic heterocycles. The van der Waals surface area contributed by atoms with Crippen LogP contribution in [0.15, 0.2) is 85.1 Å². The zero-order valence-corrected chi connectivity index (χ0v) is 16.1. The fraction of sp³-hybridized carbons (Fsp3) is 0.125. The van der Waals surface area contributed by atoms with Crippen LogP contribution in [0.3, 0.4) is 0 Å². The summed E-state index contributed by atoms with van der Waals surface area (Å²) in [6.45, 7) is 0.689. The number of anilines is 1. The Morgan fingerprint density at radius 1 is 0.857 bits per heavy atom. The molecule has 0 unspecified atom stereocenters. The molecule has 0 spiro atoms. The van der Waals surface area contributed by atoms with Gasteiger partial charge in [-0.15, -0.1) is 0 Å². The van der Waals surface area contributed by atoms with Crippen molar-refractivity contribution in [3.8, 4) is 28.1 Å². The Morgan fingerprint density at radius 2 is 1.57 bits per heavy atom. The maximum atomic E-state index is 5.29. The number of ether oxygens (including phenoxy) is 1. The molecule has 0 bridgehead atoms. The monoisotopic (exact) mass is 369 g/mol. The molecule has 4 rings (SSSR count). The second-order valence-corrected chi connectivity index (χ2v) is 6.67. The fourth-order valence-electron chi connectivity index (χ4n) is 3.27. The lowest BCUT2D eigenvalue weighted by molar-refractivity contribution is 0.414. The Labute approximate surface area is 165 Å². The van der Waals surface area contributed by atoms with Gasteiger partial charge in [0, 0.05) is 13.6 Å². The van der Waals surface area contributed by atoms with Gasteiger partial charge in [-0.3, -0.25) is 0 Å². The van der Waals surface area contributed by atoms with Gasteiger partial charge in [0.2, 0.25) is 5.95 Å². The van der Waals surface area contributed by atoms with Crippen LogP contribution in [0.4, 0.5) is 5.95 Å². The summed E-state index contributed by atoms with van der Waals surface area (Å²) in [7, 11) is 3.71. The average molecular weight is 369 g/mol. The third-order valence-corrected chi connectivity index (χ3v) is 4.86. The summed E-state index contributed by atoms with van der Waals surface area (Å²) in [5, 5.41) is 3.40. The van der Waals surface area contributed by atoms with Crippen molar-refractivity contribution >= 4 is 5.95 Å². The van der Waals surface area contributed by atoms with E-state index in [-0.39, 0.29) is 0 Å². The molecule has 0 amide bonds. The predicted octanol–water partition coefficient (Wildman–Crippen LogP) is 5.37. The van der Waals surface area contributed by atoms with E-state index in [9.17, 15) is 0 Å². The molecule has 0 saturated heterocycles. The number of nitrogens with zero attached hydrogens (tertiary/aromatic N) is 2. The molecule has 1 aromatic heterocycles. The van der Waals surface area contributed by atoms with Gasteiger partial charge in [0.25, 0.3) is 0 Å². The molecule has 0 aliphatic rings. The van der Waals surface area contributed by atoms with Gasteiger partial charge in [-0.2, -0.15) is 0 Å². The standard InChI is InChI=1S/C24H23N3O/c1-27-23(21-13-11-20(12-14-21)19-8-4-3-5-9-19)17-26-24(27)25-16-18-7-6-10-22(15-18)28-2/h3-15,17H,16H2,1-2H3,(H,25,26). The number of hydrogen-bond donors (Lipinski definition) is 1. The highest BCUT2D eigenvalue weighted by atomic mass is 16.5. The molecule has 140 valence electrons. The Morgan fingerprint density at radius 3 is 2.32 bits per heavy atom. The van der Waals surface area contributed by atoms with Gasteiger partial charge in [-0.05, 0) is 34.4 Å². The van der Waals surface area contributed by atoms with Crippen LogP contribution in [0.2, 0.25) is 0 Å². The highest BCUT2D eigenvalue weighted by Gasteiger charge is 2.09. The number of benzene rings is 3. The van der Waals surface area contributed by atoms with E-state index in [0.717, 1.165) is 28.5 Å². The average Bonchev–Trinajstić information content (AvgIpc) is 3.13. The molecule has 28 heavy (non-hydrogen) atoms. The quantitative estimate of drug-likeness (QED) is 0.496. The van der Waals surface area contributed by atoms with E-state index >= 15 is 0 Å². The first-order valence-corrected chi connectivity index (χ1v) is 9.29. The topological polar surface area (TPSA) is 39.1 Å². The second kappa shape index (κ2) is 8.01. The third-order valence-electron chi connectivity index (χ3n) is 4.86. The smallest absolute Gasteiger partial charge is 0.203 e. The van der Waals surface area contributed by atoms with Crippen molar-refractivity contribution in [3.05, 3.63) is 90.6 Å². The summed E-state index contributed by atoms with van der Waals surface area (Å²) in [6, 6.07) is 27.0. The zero-order valence-electron chi connectivity index (χ0n) is 16.1. The van der Waals surface area contributed by atoms with Crippen molar-refractivity contribution in [1.82, 2.24) is 9.55 Å². The molecule has 0 fully saturated rings. The van der Waals surface area contributed by atoms with E-state index in [1.807, 2.05) is 37.5 Å². The zero-order chi connectivity index (χ0) is 19.3. The van der Waals surface area contributed by atoms with E-state index in [1.54, 1.807) is 7.11 Å². The maximum Gasteiger partial charge on any atom is 0.203 e. The molecule has 1 N–H and O–H groups in total. The highest BCUT2D eigenvalue weighted by Crippen LogP contribution is 2.26. The number of nitrogens with one attached hydrogen (secondary N) is 1. The van der Waals surface area contributed by atoms with Crippen molar-refractivity contribution < 1.29 is 4.74 Å². The lowest BCUT2D eigenvalue weighted by Crippen LogP contribution is -2.05. The Hall–Kier alpha value is -3.53. The minimum Gasteiger partial charge on any atom is -0.497 e. The number of methoxy groups -OCH3 is 1. The second-order valence-electron chi connectivity index (χ2n) is 6.67. The molecule has 0 saturated carbocycles. The van der Waals surface area contributed by atoms with Crippen molar-refractivity contribution in [2.24, 2.45) is 7.05 Å². The predicted molar refractivity (Wildman–Crippen MR) is 114 cm³/mol. The van der Waals surface area contributed by atoms with Crippen LogP contribution in [0.5, 0.6) is 5.75 Å². The largest absolute Gasteiger partial charge is 0.497 e. The van der Waals surface area contributed by atoms with Gasteiger partial charge in [0.15, 0.2) is 0 Å².